The number of aromatic nitrogens is 3. The standard InChI is InChI=1S/C18H21N5O/c1-23(2)11-4-8-20-18-21-13-15(14-6-9-19-10-7-14)17(22-18)16-5-3-12-24-16/h3,5-7,9-10,12-13H,4,8,11H2,1-2H3,(H,20,21,22). The SMILES string of the molecule is CN(C)CCCNc1ncc(-c2ccncc2)c(-c2ccco2)n1. The van der Waals surface area contributed by atoms with E-state index in [0.29, 0.717) is 5.95 Å². The summed E-state index contributed by atoms with van der Waals surface area (Å²) in [5, 5.41) is 3.28. The van der Waals surface area contributed by atoms with Crippen molar-refractivity contribution in [3.05, 3.63) is 49.1 Å². The van der Waals surface area contributed by atoms with Crippen molar-refractivity contribution in [3.63, 3.8) is 0 Å². The van der Waals surface area contributed by atoms with Gasteiger partial charge in [0.25, 0.3) is 0 Å². The minimum Gasteiger partial charge on any atom is -0.463 e. The van der Waals surface area contributed by atoms with Crippen LogP contribution in [0.1, 0.15) is 6.42 Å². The Morgan fingerprint density at radius 2 is 2.00 bits per heavy atom. The van der Waals surface area contributed by atoms with Gasteiger partial charge in [-0.3, -0.25) is 4.98 Å². The van der Waals surface area contributed by atoms with Crippen LogP contribution in [0.3, 0.4) is 0 Å². The van der Waals surface area contributed by atoms with Crippen molar-refractivity contribution < 1.29 is 4.42 Å². The molecule has 3 aromatic heterocycles. The molecule has 0 aliphatic carbocycles. The highest BCUT2D eigenvalue weighted by atomic mass is 16.3. The average Bonchev–Trinajstić information content (AvgIpc) is 3.14. The Balaban J connectivity index is 1.85. The van der Waals surface area contributed by atoms with E-state index in [1.165, 1.54) is 0 Å². The molecule has 0 bridgehead atoms. The summed E-state index contributed by atoms with van der Waals surface area (Å²) in [6.07, 6.45) is 8.02. The van der Waals surface area contributed by atoms with Crippen LogP contribution in [-0.2, 0) is 0 Å². The molecule has 6 nitrogen and oxygen atoms in total. The number of nitrogens with zero attached hydrogens (tertiary/aromatic N) is 4. The number of anilines is 1. The number of nitrogens with one attached hydrogen (secondary N) is 1. The van der Waals surface area contributed by atoms with Crippen molar-refractivity contribution in [2.75, 3.05) is 32.5 Å². The van der Waals surface area contributed by atoms with Gasteiger partial charge in [-0.05, 0) is 56.9 Å². The van der Waals surface area contributed by atoms with Crippen molar-refractivity contribution in [3.8, 4) is 22.6 Å². The van der Waals surface area contributed by atoms with E-state index in [0.717, 1.165) is 42.1 Å². The fraction of sp³-hybridized carbons (Fsp3) is 0.278. The Labute approximate surface area is 141 Å². The monoisotopic (exact) mass is 323 g/mol. The minimum atomic E-state index is 0.609. The lowest BCUT2D eigenvalue weighted by Gasteiger charge is -2.11. The molecule has 24 heavy (non-hydrogen) atoms. The van der Waals surface area contributed by atoms with Crippen molar-refractivity contribution >= 4 is 5.95 Å². The molecular weight excluding hydrogens is 302 g/mol. The van der Waals surface area contributed by atoms with E-state index in [4.69, 9.17) is 4.42 Å². The molecule has 124 valence electrons. The van der Waals surface area contributed by atoms with Crippen LogP contribution in [-0.4, -0.2) is 47.0 Å². The van der Waals surface area contributed by atoms with E-state index in [2.05, 4.69) is 39.3 Å². The third kappa shape index (κ3) is 3.97. The molecular formula is C18H21N5O. The molecule has 0 unspecified atom stereocenters. The van der Waals surface area contributed by atoms with Gasteiger partial charge < -0.3 is 14.6 Å². The first kappa shape index (κ1) is 16.1. The lowest BCUT2D eigenvalue weighted by Crippen LogP contribution is -2.17. The maximum Gasteiger partial charge on any atom is 0.223 e. The second-order valence-corrected chi connectivity index (χ2v) is 5.75. The smallest absolute Gasteiger partial charge is 0.223 e. The first-order valence-electron chi connectivity index (χ1n) is 7.94. The van der Waals surface area contributed by atoms with Crippen LogP contribution in [0.5, 0.6) is 0 Å². The molecule has 0 saturated carbocycles. The van der Waals surface area contributed by atoms with E-state index in [-0.39, 0.29) is 0 Å². The molecule has 0 saturated heterocycles. The molecule has 1 N–H and O–H groups in total. The molecule has 0 atom stereocenters. The summed E-state index contributed by atoms with van der Waals surface area (Å²) >= 11 is 0. The molecule has 0 amide bonds. The van der Waals surface area contributed by atoms with Crippen LogP contribution in [0.2, 0.25) is 0 Å². The lowest BCUT2D eigenvalue weighted by molar-refractivity contribution is 0.405. The molecule has 0 fully saturated rings. The Morgan fingerprint density at radius 1 is 1.17 bits per heavy atom. The van der Waals surface area contributed by atoms with Crippen LogP contribution >= 0.6 is 0 Å². The zero-order valence-electron chi connectivity index (χ0n) is 13.9. The topological polar surface area (TPSA) is 67.1 Å². The van der Waals surface area contributed by atoms with Gasteiger partial charge in [0.1, 0.15) is 5.69 Å². The zero-order valence-corrected chi connectivity index (χ0v) is 13.9. The molecule has 3 heterocycles. The summed E-state index contributed by atoms with van der Waals surface area (Å²) in [5.41, 5.74) is 2.71. The van der Waals surface area contributed by atoms with Crippen molar-refractivity contribution in [2.24, 2.45) is 0 Å². The van der Waals surface area contributed by atoms with Crippen LogP contribution in [0.4, 0.5) is 5.95 Å². The third-order valence-electron chi connectivity index (χ3n) is 3.60. The maximum absolute atomic E-state index is 5.55. The number of rotatable bonds is 7. The Morgan fingerprint density at radius 3 is 2.71 bits per heavy atom. The zero-order chi connectivity index (χ0) is 16.8. The fourth-order valence-corrected chi connectivity index (χ4v) is 2.41. The van der Waals surface area contributed by atoms with E-state index in [9.17, 15) is 0 Å². The van der Waals surface area contributed by atoms with Gasteiger partial charge in [0.05, 0.1) is 6.26 Å². The molecule has 0 radical (unpaired) electrons. The normalized spacial score (nSPS) is 11.0. The molecule has 3 rings (SSSR count). The summed E-state index contributed by atoms with van der Waals surface area (Å²) in [6.45, 7) is 1.84. The molecule has 0 spiro atoms. The van der Waals surface area contributed by atoms with Gasteiger partial charge in [0.2, 0.25) is 5.95 Å². The average molecular weight is 323 g/mol. The van der Waals surface area contributed by atoms with E-state index < -0.39 is 0 Å². The number of furan rings is 1. The molecule has 3 aromatic rings. The summed E-state index contributed by atoms with van der Waals surface area (Å²) < 4.78 is 5.55. The first-order valence-corrected chi connectivity index (χ1v) is 7.94. The van der Waals surface area contributed by atoms with Crippen molar-refractivity contribution in [2.45, 2.75) is 6.42 Å². The van der Waals surface area contributed by atoms with Crippen LogP contribution in [0, 0.1) is 0 Å². The molecule has 0 aliphatic heterocycles. The Hall–Kier alpha value is -2.73. The molecule has 0 aromatic carbocycles. The Kier molecular flexibility index (Phi) is 5.18. The summed E-state index contributed by atoms with van der Waals surface area (Å²) in [4.78, 5) is 15.3. The summed E-state index contributed by atoms with van der Waals surface area (Å²) in [6, 6.07) is 7.64. The second-order valence-electron chi connectivity index (χ2n) is 5.75. The third-order valence-corrected chi connectivity index (χ3v) is 3.60. The fourth-order valence-electron chi connectivity index (χ4n) is 2.41. The highest BCUT2D eigenvalue weighted by Crippen LogP contribution is 2.30. The summed E-state index contributed by atoms with van der Waals surface area (Å²) in [7, 11) is 4.13. The highest BCUT2D eigenvalue weighted by Gasteiger charge is 2.13. The van der Waals surface area contributed by atoms with Crippen molar-refractivity contribution in [1.29, 1.82) is 0 Å². The van der Waals surface area contributed by atoms with Crippen LogP contribution in [0.15, 0.2) is 53.5 Å². The summed E-state index contributed by atoms with van der Waals surface area (Å²) in [5.74, 6) is 1.33. The van der Waals surface area contributed by atoms with Gasteiger partial charge in [-0.1, -0.05) is 0 Å². The van der Waals surface area contributed by atoms with Gasteiger partial charge in [0.15, 0.2) is 5.76 Å². The first-order chi connectivity index (χ1) is 11.7. The van der Waals surface area contributed by atoms with E-state index in [1.807, 2.05) is 30.5 Å². The number of pyridine rings is 1. The molecule has 6 heteroatoms. The predicted molar refractivity (Wildman–Crippen MR) is 94.6 cm³/mol. The van der Waals surface area contributed by atoms with Gasteiger partial charge in [-0.2, -0.15) is 0 Å². The van der Waals surface area contributed by atoms with Crippen LogP contribution in [0.25, 0.3) is 22.6 Å². The van der Waals surface area contributed by atoms with E-state index in [1.54, 1.807) is 18.7 Å². The second kappa shape index (κ2) is 7.70. The van der Waals surface area contributed by atoms with Gasteiger partial charge in [-0.25, -0.2) is 9.97 Å². The van der Waals surface area contributed by atoms with Gasteiger partial charge in [-0.15, -0.1) is 0 Å². The largest absolute Gasteiger partial charge is 0.463 e. The molecule has 0 aliphatic rings. The highest BCUT2D eigenvalue weighted by molar-refractivity contribution is 5.78. The Bertz CT molecular complexity index is 756. The minimum absolute atomic E-state index is 0.609. The number of hydrogen-bond donors (Lipinski definition) is 1. The van der Waals surface area contributed by atoms with Gasteiger partial charge >= 0.3 is 0 Å². The quantitative estimate of drug-likeness (QED) is 0.674. The van der Waals surface area contributed by atoms with E-state index >= 15 is 0 Å². The number of hydrogen-bond acceptors (Lipinski definition) is 6. The maximum atomic E-state index is 5.55. The lowest BCUT2D eigenvalue weighted by atomic mass is 10.1. The predicted octanol–water partition coefficient (Wildman–Crippen LogP) is 3.16. The van der Waals surface area contributed by atoms with Crippen molar-refractivity contribution in [1.82, 2.24) is 19.9 Å². The van der Waals surface area contributed by atoms with Crippen LogP contribution < -0.4 is 5.32 Å². The van der Waals surface area contributed by atoms with Gasteiger partial charge in [0, 0.05) is 30.7 Å².